The standard InChI is InChI=1S/C24H28FN3O.C24H29N3O.C23H26FN3O.C21H21ClFN3O/c1-16-12-17(2)23-19(13-16)22-20(6-11-27-10-3-7-24(22,27)15-25)28(23)14-21(29)18-4-8-26-9-5-18;1-16-13-17(2)23-19(14-16)22-20(7-12-26-11-4-8-24(22,26)3)27(23)15-21(28)18-5-9-25-10-6-18;1-16-3-4-19-18(13-16)22-20(7-12-26-11-2-8-23(22,26)15-24)27(19)14-21(28)17-5-9-25-10-6-17;22-14-10-15-20-17-2-1-8-25(17)9-5-18(20)26(21(15)16(23)11-14)12-19(27)13-3-6-24-7-4-13/h4-5,8-9,12-13,21,29H,3,6-7,10-11,14-15H2,1-2H3;5-6,9-10,13-14,21,28H,4,7-8,11-12,15H2,1-3H3;3-6,9-10,13,21,28H,2,7-8,11-12,14-15H2,1H3;3-4,6-7,10-11,17,19,27H,1-2,5,8-9,12H2. The minimum atomic E-state index is -0.718. The zero-order valence-corrected chi connectivity index (χ0v) is 66.1. The lowest BCUT2D eigenvalue weighted by Crippen LogP contribution is -2.48. The number of benzene rings is 4. The Morgan fingerprint density at radius 1 is 0.429 bits per heavy atom. The van der Waals surface area contributed by atoms with Crippen LogP contribution in [0.5, 0.6) is 0 Å². The summed E-state index contributed by atoms with van der Waals surface area (Å²) >= 11 is 6.20. The van der Waals surface area contributed by atoms with Crippen LogP contribution in [0.25, 0.3) is 43.6 Å². The third-order valence-electron chi connectivity index (χ3n) is 26.7. The van der Waals surface area contributed by atoms with Gasteiger partial charge in [0.25, 0.3) is 0 Å². The Bertz CT molecular complexity index is 5460. The average molecular weight is 1530 g/mol. The molecule has 0 saturated carbocycles. The highest BCUT2D eigenvalue weighted by Crippen LogP contribution is 2.53. The molecule has 8 atom stereocenters. The van der Waals surface area contributed by atoms with Gasteiger partial charge >= 0.3 is 0 Å². The molecule has 16 nitrogen and oxygen atoms in total. The van der Waals surface area contributed by atoms with Crippen LogP contribution in [0.1, 0.15) is 184 Å². The highest BCUT2D eigenvalue weighted by Gasteiger charge is 2.51. The van der Waals surface area contributed by atoms with Crippen molar-refractivity contribution in [3.05, 3.63) is 259 Å². The topological polar surface area (TPSA) is 165 Å². The molecule has 20 rings (SSSR count). The van der Waals surface area contributed by atoms with E-state index in [1.807, 2.05) is 47.0 Å². The number of nitrogens with zero attached hydrogens (tertiary/aromatic N) is 12. The Kier molecular flexibility index (Phi) is 21.0. The summed E-state index contributed by atoms with van der Waals surface area (Å²) in [6.07, 6.45) is 23.5. The molecule has 4 N–H and O–H groups in total. The van der Waals surface area contributed by atoms with Crippen molar-refractivity contribution in [2.45, 2.75) is 192 Å². The van der Waals surface area contributed by atoms with Gasteiger partial charge in [0.05, 0.1) is 78.2 Å². The maximum atomic E-state index is 15.0. The van der Waals surface area contributed by atoms with Gasteiger partial charge in [-0.2, -0.15) is 0 Å². The van der Waals surface area contributed by atoms with Crippen LogP contribution in [0.15, 0.2) is 153 Å². The molecular formula is C92H104ClF3N12O4. The summed E-state index contributed by atoms with van der Waals surface area (Å²) in [5.74, 6) is -0.321. The lowest BCUT2D eigenvalue weighted by atomic mass is 9.82. The molecule has 112 heavy (non-hydrogen) atoms. The number of hydrogen-bond donors (Lipinski definition) is 4. The average Bonchev–Trinajstić information content (AvgIpc) is 1.57. The van der Waals surface area contributed by atoms with Gasteiger partial charge in [0.2, 0.25) is 0 Å². The quantitative estimate of drug-likeness (QED) is 0.0816. The summed E-state index contributed by atoms with van der Waals surface area (Å²) in [6.45, 7) is 22.4. The highest BCUT2D eigenvalue weighted by atomic mass is 35.5. The molecule has 4 fully saturated rings. The van der Waals surface area contributed by atoms with Crippen molar-refractivity contribution >= 4 is 55.2 Å². The van der Waals surface area contributed by atoms with Crippen LogP contribution in [-0.2, 0) is 68.5 Å². The molecule has 0 amide bonds. The van der Waals surface area contributed by atoms with Gasteiger partial charge in [0.1, 0.15) is 19.2 Å². The normalized spacial score (nSPS) is 22.3. The van der Waals surface area contributed by atoms with Crippen LogP contribution in [-0.4, -0.2) is 144 Å². The second-order valence-electron chi connectivity index (χ2n) is 33.3. The van der Waals surface area contributed by atoms with Gasteiger partial charge in [-0.05, 0) is 243 Å². The molecular weight excluding hydrogens is 1430 g/mol. The molecule has 0 spiro atoms. The van der Waals surface area contributed by atoms with Gasteiger partial charge in [-0.25, -0.2) is 13.2 Å². The summed E-state index contributed by atoms with van der Waals surface area (Å²) < 4.78 is 53.1. The summed E-state index contributed by atoms with van der Waals surface area (Å²) in [6, 6.07) is 33.9. The summed E-state index contributed by atoms with van der Waals surface area (Å²) in [5, 5.41) is 48.7. The Balaban J connectivity index is 0.000000108. The third-order valence-corrected chi connectivity index (χ3v) is 26.9. The van der Waals surface area contributed by atoms with E-state index in [4.69, 9.17) is 11.6 Å². The van der Waals surface area contributed by atoms with E-state index in [2.05, 4.69) is 137 Å². The number of pyridine rings is 4. The Morgan fingerprint density at radius 3 is 1.36 bits per heavy atom. The van der Waals surface area contributed by atoms with E-state index in [1.54, 1.807) is 61.7 Å². The number of fused-ring (bicyclic) bond motifs is 20. The van der Waals surface area contributed by atoms with Crippen LogP contribution in [0.2, 0.25) is 5.02 Å². The Hall–Kier alpha value is -8.60. The monoisotopic (exact) mass is 1530 g/mol. The second-order valence-corrected chi connectivity index (χ2v) is 33.7. The SMILES string of the molecule is Cc1cc(C)c2c(c1)c1c(n2CC(O)c2ccncc2)CCN2CCCC12C.Cc1cc(C)c2c(c1)c1c(n2CC(O)c2ccncc2)CCN2CCCC12CF.Cc1ccc2c(c1)c1c(n2CC(O)c2ccncc2)CCN2CCCC12CF.OC(Cn1c2c(c3cc(Cl)cc(F)c31)C1CCCN1CC2)c1ccncc1. The predicted molar refractivity (Wildman–Crippen MR) is 437 cm³/mol. The van der Waals surface area contributed by atoms with Crippen LogP contribution in [0, 0.1) is 40.4 Å². The molecule has 20 heteroatoms. The largest absolute Gasteiger partial charge is 0.387 e. The first-order valence-electron chi connectivity index (χ1n) is 40.6. The van der Waals surface area contributed by atoms with Crippen LogP contribution in [0.3, 0.4) is 0 Å². The third kappa shape index (κ3) is 13.3. The van der Waals surface area contributed by atoms with E-state index in [-0.39, 0.29) is 24.7 Å². The molecule has 4 saturated heterocycles. The summed E-state index contributed by atoms with van der Waals surface area (Å²) in [7, 11) is 0. The summed E-state index contributed by atoms with van der Waals surface area (Å²) in [4.78, 5) is 26.1. The number of halogens is 4. The Labute approximate surface area is 659 Å². The number of aliphatic hydroxyl groups excluding tert-OH is 4. The molecule has 4 aromatic carbocycles. The molecule has 12 aromatic rings. The van der Waals surface area contributed by atoms with Crippen molar-refractivity contribution < 1.29 is 33.6 Å². The smallest absolute Gasteiger partial charge is 0.148 e. The van der Waals surface area contributed by atoms with Crippen molar-refractivity contribution in [2.24, 2.45) is 0 Å². The van der Waals surface area contributed by atoms with Gasteiger partial charge in [0.15, 0.2) is 0 Å². The van der Waals surface area contributed by atoms with Gasteiger partial charge in [-0.1, -0.05) is 46.5 Å². The molecule has 8 aliphatic rings. The lowest BCUT2D eigenvalue weighted by Gasteiger charge is -2.41. The first-order chi connectivity index (χ1) is 54.3. The minimum Gasteiger partial charge on any atom is -0.387 e. The molecule has 584 valence electrons. The lowest BCUT2D eigenvalue weighted by molar-refractivity contribution is 0.0902. The maximum absolute atomic E-state index is 15.0. The van der Waals surface area contributed by atoms with E-state index in [1.165, 1.54) is 115 Å². The predicted octanol–water partition coefficient (Wildman–Crippen LogP) is 16.6. The molecule has 8 aromatic heterocycles. The van der Waals surface area contributed by atoms with Crippen molar-refractivity contribution in [3.63, 3.8) is 0 Å². The molecule has 0 bridgehead atoms. The number of alkyl halides is 2. The number of aliphatic hydroxyl groups is 4. The van der Waals surface area contributed by atoms with Crippen molar-refractivity contribution in [1.82, 2.24) is 57.8 Å². The van der Waals surface area contributed by atoms with Gasteiger partial charge in [0, 0.05) is 185 Å². The number of rotatable bonds is 14. The van der Waals surface area contributed by atoms with Gasteiger partial charge in [-0.3, -0.25) is 39.5 Å². The van der Waals surface area contributed by atoms with Crippen molar-refractivity contribution in [2.75, 3.05) is 65.7 Å². The van der Waals surface area contributed by atoms with Crippen LogP contribution in [0.4, 0.5) is 13.2 Å². The molecule has 0 aliphatic carbocycles. The van der Waals surface area contributed by atoms with E-state index in [0.717, 1.165) is 153 Å². The second kappa shape index (κ2) is 31.0. The van der Waals surface area contributed by atoms with Crippen molar-refractivity contribution in [3.8, 4) is 0 Å². The van der Waals surface area contributed by atoms with Gasteiger partial charge < -0.3 is 38.7 Å². The molecule has 16 heterocycles. The van der Waals surface area contributed by atoms with Gasteiger partial charge in [-0.15, -0.1) is 0 Å². The first kappa shape index (κ1) is 76.1. The van der Waals surface area contributed by atoms with E-state index in [9.17, 15) is 33.6 Å². The zero-order chi connectivity index (χ0) is 77.5. The maximum Gasteiger partial charge on any atom is 0.148 e. The number of aryl methyl sites for hydroxylation is 5. The molecule has 0 radical (unpaired) electrons. The highest BCUT2D eigenvalue weighted by molar-refractivity contribution is 6.31. The number of hydrogen-bond acceptors (Lipinski definition) is 12. The van der Waals surface area contributed by atoms with E-state index >= 15 is 0 Å². The number of aromatic nitrogens is 8. The van der Waals surface area contributed by atoms with Crippen LogP contribution >= 0.6 is 11.6 Å². The molecule has 8 aliphatic heterocycles. The van der Waals surface area contributed by atoms with Crippen LogP contribution < -0.4 is 0 Å². The fourth-order valence-corrected chi connectivity index (χ4v) is 22.0. The minimum absolute atomic E-state index is 0.124. The zero-order valence-electron chi connectivity index (χ0n) is 65.4. The molecule has 8 unspecified atom stereocenters. The van der Waals surface area contributed by atoms with Crippen molar-refractivity contribution in [1.29, 1.82) is 0 Å². The first-order valence-corrected chi connectivity index (χ1v) is 41.0. The fraction of sp³-hybridized carbons (Fsp3) is 0.435. The Morgan fingerprint density at radius 2 is 0.848 bits per heavy atom. The van der Waals surface area contributed by atoms with E-state index < -0.39 is 35.5 Å². The summed E-state index contributed by atoms with van der Waals surface area (Å²) in [5.41, 5.74) is 22.9. The van der Waals surface area contributed by atoms with E-state index in [0.29, 0.717) is 42.8 Å². The fourth-order valence-electron chi connectivity index (χ4n) is 21.8.